The standard InChI is InChI=1S/C11H19N3O3/c1-11(7-13(2)3-4-17-11)10(16)14-5-8(6-14)9(12)15/h8H,3-7H2,1-2H3,(H2,12,15)/t11-/m0/s1. The molecule has 6 nitrogen and oxygen atoms in total. The number of likely N-dealkylation sites (N-methyl/N-ethyl adjacent to an activating group) is 1. The van der Waals surface area contributed by atoms with Gasteiger partial charge in [0, 0.05) is 26.2 Å². The summed E-state index contributed by atoms with van der Waals surface area (Å²) in [7, 11) is 1.97. The monoisotopic (exact) mass is 241 g/mol. The Morgan fingerprint density at radius 2 is 2.06 bits per heavy atom. The van der Waals surface area contributed by atoms with E-state index in [9.17, 15) is 9.59 Å². The molecule has 0 radical (unpaired) electrons. The number of amides is 2. The average molecular weight is 241 g/mol. The Hall–Kier alpha value is -1.14. The van der Waals surface area contributed by atoms with E-state index in [1.807, 2.05) is 14.0 Å². The van der Waals surface area contributed by atoms with Gasteiger partial charge in [-0.1, -0.05) is 0 Å². The Morgan fingerprint density at radius 1 is 1.41 bits per heavy atom. The number of likely N-dealkylation sites (tertiary alicyclic amines) is 1. The van der Waals surface area contributed by atoms with Gasteiger partial charge in [0.2, 0.25) is 5.91 Å². The summed E-state index contributed by atoms with van der Waals surface area (Å²) in [6, 6.07) is 0. The van der Waals surface area contributed by atoms with Crippen molar-refractivity contribution in [1.29, 1.82) is 0 Å². The van der Waals surface area contributed by atoms with Crippen LogP contribution in [-0.4, -0.2) is 67.0 Å². The molecule has 0 unspecified atom stereocenters. The second kappa shape index (κ2) is 4.27. The largest absolute Gasteiger partial charge is 0.369 e. The summed E-state index contributed by atoms with van der Waals surface area (Å²) >= 11 is 0. The predicted molar refractivity (Wildman–Crippen MR) is 61.1 cm³/mol. The average Bonchev–Trinajstić information content (AvgIpc) is 2.13. The van der Waals surface area contributed by atoms with Crippen LogP contribution >= 0.6 is 0 Å². The Kier molecular flexibility index (Phi) is 3.09. The highest BCUT2D eigenvalue weighted by molar-refractivity contribution is 5.88. The minimum atomic E-state index is -0.782. The third-order valence-electron chi connectivity index (χ3n) is 3.49. The first-order valence-corrected chi connectivity index (χ1v) is 5.83. The fourth-order valence-electron chi connectivity index (χ4n) is 2.35. The lowest BCUT2D eigenvalue weighted by Gasteiger charge is -2.45. The molecule has 0 aromatic heterocycles. The van der Waals surface area contributed by atoms with Crippen molar-refractivity contribution in [2.75, 3.05) is 39.8 Å². The molecule has 2 aliphatic heterocycles. The quantitative estimate of drug-likeness (QED) is 0.648. The van der Waals surface area contributed by atoms with Crippen molar-refractivity contribution in [3.8, 4) is 0 Å². The van der Waals surface area contributed by atoms with Crippen molar-refractivity contribution in [1.82, 2.24) is 9.80 Å². The highest BCUT2D eigenvalue weighted by Crippen LogP contribution is 2.24. The third kappa shape index (κ3) is 2.28. The molecular formula is C11H19N3O3. The van der Waals surface area contributed by atoms with Gasteiger partial charge >= 0.3 is 0 Å². The van der Waals surface area contributed by atoms with Gasteiger partial charge in [0.15, 0.2) is 5.60 Å². The summed E-state index contributed by atoms with van der Waals surface area (Å²) in [5.41, 5.74) is 4.40. The number of ether oxygens (including phenoxy) is 1. The van der Waals surface area contributed by atoms with E-state index in [-0.39, 0.29) is 17.7 Å². The molecule has 2 amide bonds. The van der Waals surface area contributed by atoms with Crippen molar-refractivity contribution in [3.05, 3.63) is 0 Å². The van der Waals surface area contributed by atoms with Crippen LogP contribution in [0.5, 0.6) is 0 Å². The highest BCUT2D eigenvalue weighted by Gasteiger charge is 2.45. The van der Waals surface area contributed by atoms with E-state index in [0.717, 1.165) is 6.54 Å². The minimum absolute atomic E-state index is 0.0402. The first kappa shape index (κ1) is 12.3. The van der Waals surface area contributed by atoms with Crippen LogP contribution in [0, 0.1) is 5.92 Å². The zero-order valence-electron chi connectivity index (χ0n) is 10.3. The van der Waals surface area contributed by atoms with Gasteiger partial charge in [-0.3, -0.25) is 9.59 Å². The summed E-state index contributed by atoms with van der Waals surface area (Å²) in [5.74, 6) is -0.564. The van der Waals surface area contributed by atoms with E-state index in [2.05, 4.69) is 4.90 Å². The second-order valence-corrected chi connectivity index (χ2v) is 5.13. The van der Waals surface area contributed by atoms with Gasteiger partial charge < -0.3 is 20.3 Å². The van der Waals surface area contributed by atoms with E-state index in [0.29, 0.717) is 26.2 Å². The van der Waals surface area contributed by atoms with E-state index >= 15 is 0 Å². The number of hydrogen-bond donors (Lipinski definition) is 1. The molecule has 0 bridgehead atoms. The molecule has 2 fully saturated rings. The maximum Gasteiger partial charge on any atom is 0.255 e. The van der Waals surface area contributed by atoms with Crippen LogP contribution in [0.4, 0.5) is 0 Å². The van der Waals surface area contributed by atoms with Crippen molar-refractivity contribution in [2.45, 2.75) is 12.5 Å². The Balaban J connectivity index is 1.94. The number of rotatable bonds is 2. The van der Waals surface area contributed by atoms with Gasteiger partial charge in [-0.2, -0.15) is 0 Å². The molecule has 2 heterocycles. The molecule has 0 aromatic carbocycles. The van der Waals surface area contributed by atoms with Crippen molar-refractivity contribution >= 4 is 11.8 Å². The fraction of sp³-hybridized carbons (Fsp3) is 0.818. The normalized spacial score (nSPS) is 31.1. The molecule has 2 N–H and O–H groups in total. The summed E-state index contributed by atoms with van der Waals surface area (Å²) in [6.07, 6.45) is 0. The van der Waals surface area contributed by atoms with Gasteiger partial charge in [-0.05, 0) is 14.0 Å². The molecule has 96 valence electrons. The van der Waals surface area contributed by atoms with Gasteiger partial charge in [0.1, 0.15) is 0 Å². The molecule has 2 aliphatic rings. The van der Waals surface area contributed by atoms with Crippen molar-refractivity contribution in [2.24, 2.45) is 11.7 Å². The summed E-state index contributed by atoms with van der Waals surface area (Å²) in [4.78, 5) is 26.9. The smallest absolute Gasteiger partial charge is 0.255 e. The van der Waals surface area contributed by atoms with Gasteiger partial charge in [-0.25, -0.2) is 0 Å². The van der Waals surface area contributed by atoms with Crippen molar-refractivity contribution < 1.29 is 14.3 Å². The SMILES string of the molecule is CN1CCO[C@](C)(C(=O)N2CC(C(N)=O)C2)C1. The number of nitrogens with zero attached hydrogens (tertiary/aromatic N) is 2. The van der Waals surface area contributed by atoms with Gasteiger partial charge in [-0.15, -0.1) is 0 Å². The third-order valence-corrected chi connectivity index (χ3v) is 3.49. The van der Waals surface area contributed by atoms with Crippen LogP contribution in [0.1, 0.15) is 6.92 Å². The minimum Gasteiger partial charge on any atom is -0.369 e. The van der Waals surface area contributed by atoms with Crippen LogP contribution < -0.4 is 5.73 Å². The zero-order chi connectivity index (χ0) is 12.6. The van der Waals surface area contributed by atoms with Crippen LogP contribution in [0.3, 0.4) is 0 Å². The van der Waals surface area contributed by atoms with E-state index in [1.54, 1.807) is 4.90 Å². The summed E-state index contributed by atoms with van der Waals surface area (Å²) in [6.45, 7) is 4.65. The van der Waals surface area contributed by atoms with Gasteiger partial charge in [0.25, 0.3) is 5.91 Å². The molecule has 0 aliphatic carbocycles. The Labute approximate surface area is 101 Å². The Bertz CT molecular complexity index is 341. The second-order valence-electron chi connectivity index (χ2n) is 5.13. The molecule has 1 atom stereocenters. The molecule has 0 saturated carbocycles. The van der Waals surface area contributed by atoms with E-state index < -0.39 is 5.60 Å². The molecular weight excluding hydrogens is 222 g/mol. The van der Waals surface area contributed by atoms with Crippen LogP contribution in [0.2, 0.25) is 0 Å². The molecule has 6 heteroatoms. The maximum absolute atomic E-state index is 12.2. The number of nitrogens with two attached hydrogens (primary N) is 1. The summed E-state index contributed by atoms with van der Waals surface area (Å²) in [5, 5.41) is 0. The zero-order valence-corrected chi connectivity index (χ0v) is 10.3. The molecule has 2 rings (SSSR count). The Morgan fingerprint density at radius 3 is 2.59 bits per heavy atom. The molecule has 0 spiro atoms. The molecule has 0 aromatic rings. The number of carbonyl (C=O) groups excluding carboxylic acids is 2. The lowest BCUT2D eigenvalue weighted by atomic mass is 9.94. The van der Waals surface area contributed by atoms with E-state index in [1.165, 1.54) is 0 Å². The number of carbonyl (C=O) groups is 2. The number of primary amides is 1. The molecule has 17 heavy (non-hydrogen) atoms. The fourth-order valence-corrected chi connectivity index (χ4v) is 2.35. The maximum atomic E-state index is 12.2. The lowest BCUT2D eigenvalue weighted by Crippen LogP contribution is -2.64. The lowest BCUT2D eigenvalue weighted by molar-refractivity contribution is -0.173. The van der Waals surface area contributed by atoms with E-state index in [4.69, 9.17) is 10.5 Å². The van der Waals surface area contributed by atoms with Crippen molar-refractivity contribution in [3.63, 3.8) is 0 Å². The van der Waals surface area contributed by atoms with Gasteiger partial charge in [0.05, 0.1) is 12.5 Å². The number of morpholine rings is 1. The van der Waals surface area contributed by atoms with Crippen LogP contribution in [0.25, 0.3) is 0 Å². The van der Waals surface area contributed by atoms with Crippen LogP contribution in [0.15, 0.2) is 0 Å². The number of hydrogen-bond acceptors (Lipinski definition) is 4. The topological polar surface area (TPSA) is 75.9 Å². The first-order chi connectivity index (χ1) is 7.92. The first-order valence-electron chi connectivity index (χ1n) is 5.83. The molecule has 2 saturated heterocycles. The summed E-state index contributed by atoms with van der Waals surface area (Å²) < 4.78 is 5.60. The predicted octanol–water partition coefficient (Wildman–Crippen LogP) is -1.35. The van der Waals surface area contributed by atoms with Crippen LogP contribution in [-0.2, 0) is 14.3 Å². The highest BCUT2D eigenvalue weighted by atomic mass is 16.5.